The predicted molar refractivity (Wildman–Crippen MR) is 175 cm³/mol. The summed E-state index contributed by atoms with van der Waals surface area (Å²) in [5, 5.41) is 3.22. The Kier molecular flexibility index (Phi) is 7.60. The molecule has 1 heterocycles. The number of hydrogen-bond donors (Lipinski definition) is 3. The molecule has 5 aromatic rings. The highest BCUT2D eigenvalue weighted by molar-refractivity contribution is 7.86. The molecule has 0 saturated heterocycles. The Morgan fingerprint density at radius 1 is 0.735 bits per heavy atom. The Morgan fingerprint density at radius 3 is 1.92 bits per heavy atom. The SMILES string of the molecule is O=C1c2ccccc2C2=c3c1c(Nc1ccc(S(=O)(=O)O)cc1)cc(Oc1ccc(S(=O)(=O)O)cc1)c3=NC(=O)C2C(=O)c1ccccc1. The molecular weight excluding hydrogens is 673 g/mol. The lowest BCUT2D eigenvalue weighted by atomic mass is 9.75. The van der Waals surface area contributed by atoms with Crippen LogP contribution in [-0.2, 0) is 25.0 Å². The number of anilines is 2. The number of ketones is 2. The maximum absolute atomic E-state index is 14.3. The molecule has 1 atom stereocenters. The normalized spacial score (nSPS) is 15.1. The van der Waals surface area contributed by atoms with E-state index in [2.05, 4.69) is 10.3 Å². The van der Waals surface area contributed by atoms with Crippen molar-refractivity contribution < 1.29 is 45.1 Å². The van der Waals surface area contributed by atoms with Crippen molar-refractivity contribution in [3.05, 3.63) is 142 Å². The highest BCUT2D eigenvalue weighted by Gasteiger charge is 2.41. The summed E-state index contributed by atoms with van der Waals surface area (Å²) in [4.78, 5) is 45.7. The third-order valence-corrected chi connectivity index (χ3v) is 9.82. The average Bonchev–Trinajstić information content (AvgIpc) is 3.07. The number of benzene rings is 5. The first-order valence-corrected chi connectivity index (χ1v) is 17.4. The number of rotatable bonds is 8. The molecule has 1 aliphatic heterocycles. The van der Waals surface area contributed by atoms with Crippen LogP contribution in [-0.4, -0.2) is 43.4 Å². The molecule has 1 aliphatic carbocycles. The van der Waals surface area contributed by atoms with Gasteiger partial charge in [0.2, 0.25) is 0 Å². The van der Waals surface area contributed by atoms with E-state index < -0.39 is 43.6 Å². The van der Waals surface area contributed by atoms with Gasteiger partial charge in [-0.05, 0) is 59.7 Å². The van der Waals surface area contributed by atoms with E-state index in [1.165, 1.54) is 30.3 Å². The topological polar surface area (TPSA) is 194 Å². The highest BCUT2D eigenvalue weighted by atomic mass is 32.2. The van der Waals surface area contributed by atoms with Gasteiger partial charge in [-0.1, -0.05) is 54.6 Å². The van der Waals surface area contributed by atoms with E-state index in [4.69, 9.17) is 4.74 Å². The monoisotopic (exact) mass is 694 g/mol. The number of nitrogens with zero attached hydrogens (tertiary/aromatic N) is 1. The average molecular weight is 695 g/mol. The quantitative estimate of drug-likeness (QED) is 0.120. The van der Waals surface area contributed by atoms with Crippen LogP contribution < -0.4 is 20.6 Å². The minimum atomic E-state index is -4.50. The second kappa shape index (κ2) is 11.7. The summed E-state index contributed by atoms with van der Waals surface area (Å²) < 4.78 is 71.4. The molecule has 244 valence electrons. The van der Waals surface area contributed by atoms with Crippen molar-refractivity contribution in [2.45, 2.75) is 9.79 Å². The van der Waals surface area contributed by atoms with Gasteiger partial charge in [0.15, 0.2) is 17.3 Å². The first-order chi connectivity index (χ1) is 23.3. The molecule has 5 aromatic carbocycles. The van der Waals surface area contributed by atoms with E-state index in [-0.39, 0.29) is 59.8 Å². The van der Waals surface area contributed by atoms with E-state index in [0.717, 1.165) is 24.3 Å². The Hall–Kier alpha value is -5.80. The number of carbonyl (C=O) groups excluding carboxylic acids is 3. The summed E-state index contributed by atoms with van der Waals surface area (Å²) >= 11 is 0. The molecule has 14 heteroatoms. The fourth-order valence-corrected chi connectivity index (χ4v) is 6.86. The molecular formula is C35H22N2O10S2. The van der Waals surface area contributed by atoms with Crippen LogP contribution in [0, 0.1) is 5.92 Å². The number of ether oxygens (including phenoxy) is 1. The van der Waals surface area contributed by atoms with E-state index >= 15 is 0 Å². The number of Topliss-reactive ketones (excluding diaryl/α,β-unsaturated/α-hetero) is 1. The van der Waals surface area contributed by atoms with Crippen LogP contribution in [0.15, 0.2) is 124 Å². The molecule has 0 fully saturated rings. The van der Waals surface area contributed by atoms with Crippen LogP contribution in [0.4, 0.5) is 11.4 Å². The summed E-state index contributed by atoms with van der Waals surface area (Å²) in [7, 11) is -8.99. The minimum absolute atomic E-state index is 0.0407. The zero-order valence-electron chi connectivity index (χ0n) is 24.9. The fourth-order valence-electron chi connectivity index (χ4n) is 5.90. The third-order valence-electron chi connectivity index (χ3n) is 8.08. The van der Waals surface area contributed by atoms with Gasteiger partial charge in [-0.3, -0.25) is 23.5 Å². The Balaban J connectivity index is 1.51. The smallest absolute Gasteiger partial charge is 0.294 e. The molecule has 1 amide bonds. The van der Waals surface area contributed by atoms with Gasteiger partial charge in [0.05, 0.1) is 21.0 Å². The van der Waals surface area contributed by atoms with Crippen molar-refractivity contribution in [2.75, 3.05) is 5.32 Å². The maximum Gasteiger partial charge on any atom is 0.294 e. The molecule has 0 aromatic heterocycles. The zero-order valence-corrected chi connectivity index (χ0v) is 26.5. The second-order valence-electron chi connectivity index (χ2n) is 11.1. The summed E-state index contributed by atoms with van der Waals surface area (Å²) in [6, 6.07) is 26.0. The van der Waals surface area contributed by atoms with Crippen LogP contribution >= 0.6 is 0 Å². The lowest BCUT2D eigenvalue weighted by Crippen LogP contribution is -2.47. The first kappa shape index (κ1) is 31.8. The fraction of sp³-hybridized carbons (Fsp3) is 0.0286. The van der Waals surface area contributed by atoms with Gasteiger partial charge < -0.3 is 10.1 Å². The minimum Gasteiger partial charge on any atom is -0.455 e. The lowest BCUT2D eigenvalue weighted by molar-refractivity contribution is -0.119. The van der Waals surface area contributed by atoms with Gasteiger partial charge in [0, 0.05) is 28.1 Å². The number of fused-ring (bicyclic) bond motifs is 2. The first-order valence-electron chi connectivity index (χ1n) is 14.5. The molecule has 7 rings (SSSR count). The number of amides is 1. The van der Waals surface area contributed by atoms with Crippen molar-refractivity contribution in [2.24, 2.45) is 10.9 Å². The van der Waals surface area contributed by atoms with Gasteiger partial charge in [-0.25, -0.2) is 4.99 Å². The van der Waals surface area contributed by atoms with E-state index in [1.54, 1.807) is 54.6 Å². The highest BCUT2D eigenvalue weighted by Crippen LogP contribution is 2.37. The van der Waals surface area contributed by atoms with Crippen molar-refractivity contribution in [1.29, 1.82) is 0 Å². The van der Waals surface area contributed by atoms with Gasteiger partial charge in [0.1, 0.15) is 17.0 Å². The van der Waals surface area contributed by atoms with Crippen molar-refractivity contribution >= 4 is 54.7 Å². The summed E-state index contributed by atoms with van der Waals surface area (Å²) in [6.45, 7) is 0. The molecule has 49 heavy (non-hydrogen) atoms. The van der Waals surface area contributed by atoms with Crippen LogP contribution in [0.5, 0.6) is 11.5 Å². The molecule has 0 spiro atoms. The Labute approximate surface area is 278 Å². The molecule has 3 N–H and O–H groups in total. The third kappa shape index (κ3) is 5.72. The van der Waals surface area contributed by atoms with Gasteiger partial charge in [-0.2, -0.15) is 16.8 Å². The molecule has 0 radical (unpaired) electrons. The van der Waals surface area contributed by atoms with Crippen molar-refractivity contribution in [3.63, 3.8) is 0 Å². The summed E-state index contributed by atoms with van der Waals surface area (Å²) in [5.74, 6) is -3.16. The van der Waals surface area contributed by atoms with Gasteiger partial charge in [0.25, 0.3) is 26.1 Å². The van der Waals surface area contributed by atoms with Crippen LogP contribution in [0.25, 0.3) is 5.57 Å². The van der Waals surface area contributed by atoms with Gasteiger partial charge in [-0.15, -0.1) is 0 Å². The largest absolute Gasteiger partial charge is 0.455 e. The van der Waals surface area contributed by atoms with Crippen molar-refractivity contribution in [1.82, 2.24) is 0 Å². The molecule has 12 nitrogen and oxygen atoms in total. The predicted octanol–water partition coefficient (Wildman–Crippen LogP) is 4.12. The standard InChI is InChI=1S/C35H22N2O10S2/c38-33(19-6-2-1-3-7-19)31-28-24-8-4-5-9-25(24)34(39)29-26(36-20-10-14-22(15-11-20)48(41,42)43)18-27(32(30(28)29)37-35(31)40)47-21-12-16-23(17-13-21)49(44,45)46/h1-18,31,36H,(H,41,42,43)(H,44,45,46). The summed E-state index contributed by atoms with van der Waals surface area (Å²) in [5.41, 5.74) is 1.61. The molecule has 0 saturated carbocycles. The summed E-state index contributed by atoms with van der Waals surface area (Å²) in [6.07, 6.45) is 0. The molecule has 0 bridgehead atoms. The van der Waals surface area contributed by atoms with E-state index in [0.29, 0.717) is 11.3 Å². The Bertz CT molecular complexity index is 2590. The molecule has 2 aliphatic rings. The number of nitrogens with one attached hydrogen (secondary N) is 1. The number of carbonyl (C=O) groups is 3. The second-order valence-corrected chi connectivity index (χ2v) is 13.9. The van der Waals surface area contributed by atoms with Crippen LogP contribution in [0.2, 0.25) is 0 Å². The van der Waals surface area contributed by atoms with E-state index in [1.807, 2.05) is 0 Å². The Morgan fingerprint density at radius 2 is 1.31 bits per heavy atom. The maximum atomic E-state index is 14.3. The lowest BCUT2D eigenvalue weighted by Gasteiger charge is -2.28. The van der Waals surface area contributed by atoms with E-state index in [9.17, 15) is 40.3 Å². The van der Waals surface area contributed by atoms with Crippen LogP contribution in [0.3, 0.4) is 0 Å². The van der Waals surface area contributed by atoms with Crippen LogP contribution in [0.1, 0.15) is 31.8 Å². The zero-order chi connectivity index (χ0) is 34.7. The van der Waals surface area contributed by atoms with Gasteiger partial charge >= 0.3 is 0 Å². The van der Waals surface area contributed by atoms with Crippen molar-refractivity contribution in [3.8, 4) is 11.5 Å². The number of hydrogen-bond acceptors (Lipinski definition) is 9. The molecule has 1 unspecified atom stereocenters.